The van der Waals surface area contributed by atoms with Gasteiger partial charge in [-0.25, -0.2) is 8.42 Å². The third kappa shape index (κ3) is 5.82. The maximum Gasteiger partial charge on any atom is 0.243 e. The number of β-amino-alcohol motifs (C(OH)–C–C–N with tert-alkyl or cyclic N) is 1. The lowest BCUT2D eigenvalue weighted by Gasteiger charge is -2.34. The Hall–Kier alpha value is -1.93. The van der Waals surface area contributed by atoms with Gasteiger partial charge < -0.3 is 9.84 Å². The minimum absolute atomic E-state index is 0.0914. The fraction of sp³-hybridized carbons (Fsp3) is 0.478. The van der Waals surface area contributed by atoms with E-state index in [9.17, 15) is 13.5 Å². The SMILES string of the molecule is CC(C)(C)c1ccc(OCC(O)CN2CCN(S(=O)(=O)c3ccccc3)CC2)cc1. The molecule has 0 aliphatic carbocycles. The Kier molecular flexibility index (Phi) is 7.18. The van der Waals surface area contributed by atoms with Crippen molar-refractivity contribution in [1.82, 2.24) is 9.21 Å². The molecule has 2 aromatic carbocycles. The zero-order valence-electron chi connectivity index (χ0n) is 18.0. The van der Waals surface area contributed by atoms with Gasteiger partial charge in [0, 0.05) is 32.7 Å². The molecule has 1 heterocycles. The summed E-state index contributed by atoms with van der Waals surface area (Å²) in [5.41, 5.74) is 1.33. The predicted molar refractivity (Wildman–Crippen MR) is 118 cm³/mol. The molecule has 1 aliphatic rings. The average molecular weight is 433 g/mol. The van der Waals surface area contributed by atoms with Crippen molar-refractivity contribution in [2.45, 2.75) is 37.2 Å². The van der Waals surface area contributed by atoms with Crippen LogP contribution in [-0.4, -0.2) is 68.2 Å². The normalized spacial score (nSPS) is 17.6. The zero-order valence-corrected chi connectivity index (χ0v) is 18.8. The largest absolute Gasteiger partial charge is 0.491 e. The first kappa shape index (κ1) is 22.7. The molecular formula is C23H32N2O4S. The first-order valence-corrected chi connectivity index (χ1v) is 11.8. The summed E-state index contributed by atoms with van der Waals surface area (Å²) >= 11 is 0. The monoisotopic (exact) mass is 432 g/mol. The fourth-order valence-corrected chi connectivity index (χ4v) is 4.93. The van der Waals surface area contributed by atoms with Crippen LogP contribution in [-0.2, 0) is 15.4 Å². The smallest absolute Gasteiger partial charge is 0.243 e. The molecule has 0 spiro atoms. The van der Waals surface area contributed by atoms with Crippen molar-refractivity contribution >= 4 is 10.0 Å². The van der Waals surface area contributed by atoms with Gasteiger partial charge in [-0.1, -0.05) is 51.1 Å². The summed E-state index contributed by atoms with van der Waals surface area (Å²) in [6, 6.07) is 16.5. The number of hydrogen-bond acceptors (Lipinski definition) is 5. The van der Waals surface area contributed by atoms with E-state index in [2.05, 4.69) is 25.7 Å². The Bertz CT molecular complexity index is 900. The summed E-state index contributed by atoms with van der Waals surface area (Å²) in [5.74, 6) is 0.737. The minimum atomic E-state index is -3.45. The molecular weight excluding hydrogens is 400 g/mol. The van der Waals surface area contributed by atoms with Crippen molar-refractivity contribution in [1.29, 1.82) is 0 Å². The van der Waals surface area contributed by atoms with Gasteiger partial charge in [-0.3, -0.25) is 4.90 Å². The van der Waals surface area contributed by atoms with E-state index in [0.717, 1.165) is 5.75 Å². The predicted octanol–water partition coefficient (Wildman–Crippen LogP) is 2.73. The molecule has 3 rings (SSSR count). The van der Waals surface area contributed by atoms with Crippen LogP contribution < -0.4 is 4.74 Å². The number of nitrogens with zero attached hydrogens (tertiary/aromatic N) is 2. The molecule has 30 heavy (non-hydrogen) atoms. The van der Waals surface area contributed by atoms with Crippen LogP contribution in [0.5, 0.6) is 5.75 Å². The van der Waals surface area contributed by atoms with Gasteiger partial charge in [-0.15, -0.1) is 0 Å². The van der Waals surface area contributed by atoms with Gasteiger partial charge in [-0.05, 0) is 35.2 Å². The van der Waals surface area contributed by atoms with E-state index >= 15 is 0 Å². The van der Waals surface area contributed by atoms with Crippen molar-refractivity contribution in [3.63, 3.8) is 0 Å². The Morgan fingerprint density at radius 1 is 0.967 bits per heavy atom. The van der Waals surface area contributed by atoms with Crippen molar-refractivity contribution < 1.29 is 18.3 Å². The second kappa shape index (κ2) is 9.47. The fourth-order valence-electron chi connectivity index (χ4n) is 3.49. The first-order valence-electron chi connectivity index (χ1n) is 10.4. The maximum atomic E-state index is 12.7. The lowest BCUT2D eigenvalue weighted by molar-refractivity contribution is 0.0569. The van der Waals surface area contributed by atoms with Crippen LogP contribution in [0.25, 0.3) is 0 Å². The van der Waals surface area contributed by atoms with Gasteiger partial charge >= 0.3 is 0 Å². The van der Waals surface area contributed by atoms with Gasteiger partial charge in [0.25, 0.3) is 0 Å². The van der Waals surface area contributed by atoms with E-state index in [0.29, 0.717) is 37.6 Å². The highest BCUT2D eigenvalue weighted by atomic mass is 32.2. The van der Waals surface area contributed by atoms with E-state index in [1.165, 1.54) is 9.87 Å². The molecule has 0 amide bonds. The topological polar surface area (TPSA) is 70.1 Å². The maximum absolute atomic E-state index is 12.7. The second-order valence-electron chi connectivity index (χ2n) is 8.76. The number of hydrogen-bond donors (Lipinski definition) is 1. The molecule has 7 heteroatoms. The summed E-state index contributed by atoms with van der Waals surface area (Å²) in [6.07, 6.45) is -0.635. The quantitative estimate of drug-likeness (QED) is 0.729. The third-order valence-corrected chi connectivity index (χ3v) is 7.26. The van der Waals surface area contributed by atoms with Crippen molar-refractivity contribution in [3.8, 4) is 5.75 Å². The molecule has 1 unspecified atom stereocenters. The molecule has 164 valence electrons. The number of sulfonamides is 1. The number of piperazine rings is 1. The minimum Gasteiger partial charge on any atom is -0.491 e. The molecule has 0 bridgehead atoms. The van der Waals surface area contributed by atoms with Crippen molar-refractivity contribution in [2.24, 2.45) is 0 Å². The van der Waals surface area contributed by atoms with E-state index in [4.69, 9.17) is 4.74 Å². The molecule has 1 aliphatic heterocycles. The molecule has 0 aromatic heterocycles. The first-order chi connectivity index (χ1) is 14.2. The average Bonchev–Trinajstić information content (AvgIpc) is 2.73. The van der Waals surface area contributed by atoms with Crippen LogP contribution >= 0.6 is 0 Å². The standard InChI is InChI=1S/C23H32N2O4S/c1-23(2,3)19-9-11-21(12-10-19)29-18-20(26)17-24-13-15-25(16-14-24)30(27,28)22-7-5-4-6-8-22/h4-12,20,26H,13-18H2,1-3H3. The number of rotatable bonds is 7. The van der Waals surface area contributed by atoms with Crippen LogP contribution in [0.15, 0.2) is 59.5 Å². The molecule has 1 N–H and O–H groups in total. The summed E-state index contributed by atoms with van der Waals surface area (Å²) in [7, 11) is -3.45. The lowest BCUT2D eigenvalue weighted by Crippen LogP contribution is -2.50. The molecule has 1 atom stereocenters. The highest BCUT2D eigenvalue weighted by molar-refractivity contribution is 7.89. The van der Waals surface area contributed by atoms with Crippen LogP contribution in [0.1, 0.15) is 26.3 Å². The Morgan fingerprint density at radius 2 is 1.57 bits per heavy atom. The summed E-state index contributed by atoms with van der Waals surface area (Å²) in [4.78, 5) is 2.40. The van der Waals surface area contributed by atoms with Crippen molar-refractivity contribution in [2.75, 3.05) is 39.3 Å². The molecule has 0 saturated carbocycles. The van der Waals surface area contributed by atoms with Gasteiger partial charge in [0.15, 0.2) is 0 Å². The molecule has 0 radical (unpaired) electrons. The molecule has 1 saturated heterocycles. The Labute approximate surface area is 180 Å². The number of aliphatic hydroxyl groups excluding tert-OH is 1. The highest BCUT2D eigenvalue weighted by Gasteiger charge is 2.29. The third-order valence-electron chi connectivity index (χ3n) is 5.34. The van der Waals surface area contributed by atoms with Crippen LogP contribution in [0, 0.1) is 0 Å². The molecule has 6 nitrogen and oxygen atoms in total. The van der Waals surface area contributed by atoms with Gasteiger partial charge in [0.05, 0.1) is 4.90 Å². The van der Waals surface area contributed by atoms with Crippen LogP contribution in [0.2, 0.25) is 0 Å². The van der Waals surface area contributed by atoms with Gasteiger partial charge in [-0.2, -0.15) is 4.31 Å². The summed E-state index contributed by atoms with van der Waals surface area (Å²) < 4.78 is 32.6. The summed E-state index contributed by atoms with van der Waals surface area (Å²) in [6.45, 7) is 9.16. The zero-order chi connectivity index (χ0) is 21.8. The number of ether oxygens (including phenoxy) is 1. The number of aliphatic hydroxyl groups is 1. The highest BCUT2D eigenvalue weighted by Crippen LogP contribution is 2.24. The number of benzene rings is 2. The van der Waals surface area contributed by atoms with E-state index in [1.807, 2.05) is 24.3 Å². The van der Waals surface area contributed by atoms with E-state index in [-0.39, 0.29) is 12.0 Å². The van der Waals surface area contributed by atoms with Crippen LogP contribution in [0.4, 0.5) is 0 Å². The Morgan fingerprint density at radius 3 is 2.13 bits per heavy atom. The second-order valence-corrected chi connectivity index (χ2v) is 10.7. The molecule has 1 fully saturated rings. The summed E-state index contributed by atoms with van der Waals surface area (Å²) in [5, 5.41) is 10.4. The lowest BCUT2D eigenvalue weighted by atomic mass is 9.87. The van der Waals surface area contributed by atoms with E-state index < -0.39 is 16.1 Å². The Balaban J connectivity index is 1.45. The van der Waals surface area contributed by atoms with Gasteiger partial charge in [0.1, 0.15) is 18.5 Å². The molecule has 2 aromatic rings. The van der Waals surface area contributed by atoms with Gasteiger partial charge in [0.2, 0.25) is 10.0 Å². The van der Waals surface area contributed by atoms with Crippen molar-refractivity contribution in [3.05, 3.63) is 60.2 Å². The van der Waals surface area contributed by atoms with E-state index in [1.54, 1.807) is 30.3 Å². The van der Waals surface area contributed by atoms with Crippen LogP contribution in [0.3, 0.4) is 0 Å².